The number of alkyl halides is 3. The Labute approximate surface area is 260 Å². The Hall–Kier alpha value is -4.79. The van der Waals surface area contributed by atoms with Crippen molar-refractivity contribution in [2.75, 3.05) is 14.2 Å². The molecule has 4 aromatic rings. The van der Waals surface area contributed by atoms with Gasteiger partial charge in [0, 0.05) is 17.7 Å². The molecule has 0 radical (unpaired) electrons. The number of carbonyl (C=O) groups is 2. The fraction of sp³-hybridized carbons (Fsp3) is 0.278. The number of carbonyl (C=O) groups excluding carboxylic acids is 2. The van der Waals surface area contributed by atoms with Crippen LogP contribution in [0.1, 0.15) is 56.8 Å². The van der Waals surface area contributed by atoms with E-state index in [2.05, 4.69) is 0 Å². The van der Waals surface area contributed by atoms with Crippen LogP contribution in [0.4, 0.5) is 18.0 Å². The van der Waals surface area contributed by atoms with E-state index in [0.717, 1.165) is 51.1 Å². The van der Waals surface area contributed by atoms with E-state index in [9.17, 15) is 22.8 Å². The van der Waals surface area contributed by atoms with Gasteiger partial charge in [0.1, 0.15) is 11.9 Å². The van der Waals surface area contributed by atoms with Crippen molar-refractivity contribution >= 4 is 12.1 Å². The average molecular weight is 618 g/mol. The first-order chi connectivity index (χ1) is 21.3. The maximum Gasteiger partial charge on any atom is 0.416 e. The minimum absolute atomic E-state index is 0.0257. The van der Waals surface area contributed by atoms with E-state index < -0.39 is 35.9 Å². The summed E-state index contributed by atoms with van der Waals surface area (Å²) in [5.74, 6) is 0.197. The number of hydrogen-bond donors (Lipinski definition) is 0. The molecule has 5 rings (SSSR count). The van der Waals surface area contributed by atoms with E-state index in [1.807, 2.05) is 63.2 Å². The zero-order chi connectivity index (χ0) is 32.6. The molecule has 1 unspecified atom stereocenters. The molecule has 9 heteroatoms. The first-order valence-corrected chi connectivity index (χ1v) is 14.4. The third-order valence-electron chi connectivity index (χ3n) is 8.17. The average Bonchev–Trinajstić information content (AvgIpc) is 3.27. The van der Waals surface area contributed by atoms with E-state index >= 15 is 0 Å². The van der Waals surface area contributed by atoms with Crippen LogP contribution in [0, 0.1) is 20.8 Å². The Morgan fingerprint density at radius 3 is 2.27 bits per heavy atom. The molecule has 0 bridgehead atoms. The number of esters is 1. The highest BCUT2D eigenvalue weighted by Crippen LogP contribution is 2.43. The van der Waals surface area contributed by atoms with E-state index in [0.29, 0.717) is 22.4 Å². The summed E-state index contributed by atoms with van der Waals surface area (Å²) >= 11 is 0. The Balaban J connectivity index is 1.53. The van der Waals surface area contributed by atoms with Gasteiger partial charge in [0.25, 0.3) is 0 Å². The number of ether oxygens (including phenoxy) is 3. The smallest absolute Gasteiger partial charge is 0.416 e. The first-order valence-electron chi connectivity index (χ1n) is 14.4. The first kappa shape index (κ1) is 31.6. The van der Waals surface area contributed by atoms with Gasteiger partial charge in [-0.15, -0.1) is 0 Å². The van der Waals surface area contributed by atoms with Gasteiger partial charge in [-0.1, -0.05) is 47.5 Å². The van der Waals surface area contributed by atoms with Crippen molar-refractivity contribution in [2.24, 2.45) is 0 Å². The number of cyclic esters (lactones) is 1. The number of amides is 1. The summed E-state index contributed by atoms with van der Waals surface area (Å²) in [6.07, 6.45) is -5.78. The standard InChI is InChI=1S/C36H34F3NO5/c1-20-7-10-29(30-18-25(9-12-32(30)43-5)28-11-8-26(16-22(28)3)34(41)44-6)31(15-20)33-23(4)40(35(42)45-33)19-24-13-21(2)14-27(17-24)36(37,38)39/h7-18,23,33H,19H2,1-6H3/t23-,33?/m1/s1. The third kappa shape index (κ3) is 6.38. The van der Waals surface area contributed by atoms with Crippen molar-refractivity contribution in [3.63, 3.8) is 0 Å². The van der Waals surface area contributed by atoms with Crippen LogP contribution >= 0.6 is 0 Å². The van der Waals surface area contributed by atoms with Gasteiger partial charge in [-0.05, 0) is 91.9 Å². The number of halogens is 3. The summed E-state index contributed by atoms with van der Waals surface area (Å²) in [4.78, 5) is 26.7. The lowest BCUT2D eigenvalue weighted by molar-refractivity contribution is -0.137. The predicted molar refractivity (Wildman–Crippen MR) is 165 cm³/mol. The molecule has 2 atom stereocenters. The number of methoxy groups -OCH3 is 2. The molecule has 45 heavy (non-hydrogen) atoms. The van der Waals surface area contributed by atoms with E-state index in [1.54, 1.807) is 32.2 Å². The van der Waals surface area contributed by atoms with Gasteiger partial charge in [-0.25, -0.2) is 9.59 Å². The number of rotatable bonds is 7. The molecular weight excluding hydrogens is 583 g/mol. The van der Waals surface area contributed by atoms with Crippen LogP contribution in [-0.4, -0.2) is 37.2 Å². The fourth-order valence-corrected chi connectivity index (χ4v) is 5.93. The summed E-state index contributed by atoms with van der Waals surface area (Å²) < 4.78 is 57.0. The van der Waals surface area contributed by atoms with Crippen molar-refractivity contribution in [3.8, 4) is 28.0 Å². The van der Waals surface area contributed by atoms with Crippen molar-refractivity contribution in [2.45, 2.75) is 52.6 Å². The monoisotopic (exact) mass is 617 g/mol. The van der Waals surface area contributed by atoms with Crippen LogP contribution in [-0.2, 0) is 22.2 Å². The van der Waals surface area contributed by atoms with Crippen LogP contribution < -0.4 is 4.74 Å². The molecule has 0 saturated carbocycles. The summed E-state index contributed by atoms with van der Waals surface area (Å²) in [7, 11) is 2.92. The van der Waals surface area contributed by atoms with Crippen molar-refractivity contribution < 1.29 is 37.0 Å². The molecule has 1 aliphatic heterocycles. The number of aryl methyl sites for hydroxylation is 3. The van der Waals surface area contributed by atoms with Gasteiger partial charge in [0.05, 0.1) is 31.4 Å². The maximum absolute atomic E-state index is 13.5. The van der Waals surface area contributed by atoms with Crippen molar-refractivity contribution in [1.82, 2.24) is 4.90 Å². The maximum atomic E-state index is 13.5. The third-order valence-corrected chi connectivity index (χ3v) is 8.17. The molecule has 234 valence electrons. The Morgan fingerprint density at radius 1 is 0.867 bits per heavy atom. The summed E-state index contributed by atoms with van der Waals surface area (Å²) in [6.45, 7) is 7.27. The lowest BCUT2D eigenvalue weighted by atomic mass is 9.89. The predicted octanol–water partition coefficient (Wildman–Crippen LogP) is 8.84. The molecule has 0 N–H and O–H groups in total. The van der Waals surface area contributed by atoms with Gasteiger partial charge in [-0.2, -0.15) is 13.2 Å². The van der Waals surface area contributed by atoms with Gasteiger partial charge in [-0.3, -0.25) is 4.90 Å². The number of benzene rings is 4. The second kappa shape index (κ2) is 12.3. The van der Waals surface area contributed by atoms with Crippen LogP contribution in [0.5, 0.6) is 5.75 Å². The summed E-state index contributed by atoms with van der Waals surface area (Å²) in [5.41, 5.74) is 6.51. The second-order valence-corrected chi connectivity index (χ2v) is 11.4. The minimum Gasteiger partial charge on any atom is -0.496 e. The molecule has 1 fully saturated rings. The van der Waals surface area contributed by atoms with Gasteiger partial charge in [0.15, 0.2) is 0 Å². The molecule has 0 aromatic heterocycles. The zero-order valence-corrected chi connectivity index (χ0v) is 25.9. The molecule has 1 aliphatic rings. The highest BCUT2D eigenvalue weighted by molar-refractivity contribution is 5.91. The molecule has 6 nitrogen and oxygen atoms in total. The zero-order valence-electron chi connectivity index (χ0n) is 25.9. The summed E-state index contributed by atoms with van der Waals surface area (Å²) in [5, 5.41) is 0. The fourth-order valence-electron chi connectivity index (χ4n) is 5.93. The quantitative estimate of drug-likeness (QED) is 0.194. The number of nitrogens with zero attached hydrogens (tertiary/aromatic N) is 1. The molecule has 1 amide bonds. The van der Waals surface area contributed by atoms with Gasteiger partial charge in [0.2, 0.25) is 0 Å². The second-order valence-electron chi connectivity index (χ2n) is 11.4. The van der Waals surface area contributed by atoms with Crippen LogP contribution in [0.25, 0.3) is 22.3 Å². The van der Waals surface area contributed by atoms with Gasteiger partial charge >= 0.3 is 18.2 Å². The topological polar surface area (TPSA) is 65.1 Å². The Morgan fingerprint density at radius 2 is 1.60 bits per heavy atom. The van der Waals surface area contributed by atoms with E-state index in [4.69, 9.17) is 14.2 Å². The molecule has 4 aromatic carbocycles. The summed E-state index contributed by atoms with van der Waals surface area (Å²) in [6, 6.07) is 20.4. The molecule has 0 aliphatic carbocycles. The molecule has 0 spiro atoms. The Kier molecular flexibility index (Phi) is 8.65. The molecule has 1 saturated heterocycles. The largest absolute Gasteiger partial charge is 0.496 e. The molecular formula is C36H34F3NO5. The SMILES string of the molecule is COC(=O)c1ccc(-c2ccc(OC)c(-c3ccc(C)cc3C3OC(=O)N(Cc4cc(C)cc(C(F)(F)F)c4)[C@@H]3C)c2)c(C)c1. The Bertz CT molecular complexity index is 1780. The van der Waals surface area contributed by atoms with Crippen LogP contribution in [0.3, 0.4) is 0 Å². The van der Waals surface area contributed by atoms with Crippen LogP contribution in [0.2, 0.25) is 0 Å². The molecule has 1 heterocycles. The highest BCUT2D eigenvalue weighted by Gasteiger charge is 2.41. The van der Waals surface area contributed by atoms with E-state index in [1.165, 1.54) is 12.0 Å². The van der Waals surface area contributed by atoms with Crippen LogP contribution in [0.15, 0.2) is 72.8 Å². The lowest BCUT2D eigenvalue weighted by Gasteiger charge is -2.24. The lowest BCUT2D eigenvalue weighted by Crippen LogP contribution is -2.31. The highest BCUT2D eigenvalue weighted by atomic mass is 19.4. The minimum atomic E-state index is -4.49. The van der Waals surface area contributed by atoms with Gasteiger partial charge < -0.3 is 14.2 Å². The van der Waals surface area contributed by atoms with Crippen molar-refractivity contribution in [1.29, 1.82) is 0 Å². The normalized spacial score (nSPS) is 16.5. The number of hydrogen-bond acceptors (Lipinski definition) is 5. The van der Waals surface area contributed by atoms with Crippen molar-refractivity contribution in [3.05, 3.63) is 112 Å². The van der Waals surface area contributed by atoms with E-state index in [-0.39, 0.29) is 6.54 Å².